The van der Waals surface area contributed by atoms with Gasteiger partial charge in [0.1, 0.15) is 10.9 Å². The molecule has 1 saturated carbocycles. The van der Waals surface area contributed by atoms with Gasteiger partial charge in [0.15, 0.2) is 0 Å². The van der Waals surface area contributed by atoms with Crippen molar-refractivity contribution in [2.45, 2.75) is 68.3 Å². The van der Waals surface area contributed by atoms with E-state index < -0.39 is 0 Å². The maximum Gasteiger partial charge on any atom is 0.243 e. The highest BCUT2D eigenvalue weighted by atomic mass is 79.9. The highest BCUT2D eigenvalue weighted by Gasteiger charge is 2.56. The summed E-state index contributed by atoms with van der Waals surface area (Å²) in [5.41, 5.74) is 1.13. The topological polar surface area (TPSA) is 49.4 Å². The van der Waals surface area contributed by atoms with Crippen molar-refractivity contribution in [2.24, 2.45) is 0 Å². The first-order valence-corrected chi connectivity index (χ1v) is 11.4. The first kappa shape index (κ1) is 18.4. The van der Waals surface area contributed by atoms with Gasteiger partial charge in [-0.3, -0.25) is 9.59 Å². The molecule has 1 aromatic rings. The molecule has 0 aromatic heterocycles. The highest BCUT2D eigenvalue weighted by Crippen LogP contribution is 2.54. The maximum atomic E-state index is 13.0. The van der Waals surface area contributed by atoms with Gasteiger partial charge in [-0.05, 0) is 37.0 Å². The molecule has 2 heterocycles. The fourth-order valence-corrected chi connectivity index (χ4v) is 6.48. The van der Waals surface area contributed by atoms with Gasteiger partial charge in [-0.15, -0.1) is 11.8 Å². The van der Waals surface area contributed by atoms with Crippen LogP contribution in [0.25, 0.3) is 0 Å². The van der Waals surface area contributed by atoms with E-state index >= 15 is 0 Å². The Kier molecular flexibility index (Phi) is 5.33. The molecule has 2 amide bonds. The number of nitrogens with zero attached hydrogens (tertiary/aromatic N) is 1. The van der Waals surface area contributed by atoms with Gasteiger partial charge in [0, 0.05) is 22.7 Å². The SMILES string of the molecule is O=C(NC1CCCCCC1)[C@H]1CS[C@@]2(c3ccc(Br)cc3)CCC(=O)N12. The Bertz CT molecular complexity index is 688. The van der Waals surface area contributed by atoms with E-state index in [-0.39, 0.29) is 28.8 Å². The molecule has 4 nitrogen and oxygen atoms in total. The van der Waals surface area contributed by atoms with Crippen LogP contribution in [0.1, 0.15) is 56.9 Å². The average Bonchev–Trinajstić information content (AvgIpc) is 3.06. The fraction of sp³-hybridized carbons (Fsp3) is 0.600. The van der Waals surface area contributed by atoms with Gasteiger partial charge in [-0.1, -0.05) is 53.7 Å². The summed E-state index contributed by atoms with van der Waals surface area (Å²) < 4.78 is 1.03. The van der Waals surface area contributed by atoms with Crippen LogP contribution >= 0.6 is 27.7 Å². The van der Waals surface area contributed by atoms with Gasteiger partial charge in [-0.25, -0.2) is 0 Å². The zero-order valence-electron chi connectivity index (χ0n) is 14.9. The van der Waals surface area contributed by atoms with Gasteiger partial charge in [0.05, 0.1) is 0 Å². The van der Waals surface area contributed by atoms with Crippen LogP contribution in [-0.2, 0) is 14.5 Å². The minimum absolute atomic E-state index is 0.0404. The molecule has 2 atom stereocenters. The third kappa shape index (κ3) is 3.31. The van der Waals surface area contributed by atoms with Crippen LogP contribution in [0.2, 0.25) is 0 Å². The first-order valence-electron chi connectivity index (χ1n) is 9.63. The Balaban J connectivity index is 1.54. The molecule has 0 bridgehead atoms. The number of fused-ring (bicyclic) bond motifs is 1. The molecule has 3 fully saturated rings. The molecule has 2 aliphatic heterocycles. The van der Waals surface area contributed by atoms with Crippen LogP contribution in [0.4, 0.5) is 0 Å². The van der Waals surface area contributed by atoms with Gasteiger partial charge in [-0.2, -0.15) is 0 Å². The van der Waals surface area contributed by atoms with Crippen molar-refractivity contribution in [2.75, 3.05) is 5.75 Å². The molecule has 0 spiro atoms. The lowest BCUT2D eigenvalue weighted by atomic mass is 10.0. The molecular weight excluding hydrogens is 412 g/mol. The van der Waals surface area contributed by atoms with Crippen LogP contribution in [0, 0.1) is 0 Å². The summed E-state index contributed by atoms with van der Waals surface area (Å²) in [6, 6.07) is 8.12. The summed E-state index contributed by atoms with van der Waals surface area (Å²) in [7, 11) is 0. The summed E-state index contributed by atoms with van der Waals surface area (Å²) in [5.74, 6) is 0.831. The highest BCUT2D eigenvalue weighted by molar-refractivity contribution is 9.10. The average molecular weight is 437 g/mol. The van der Waals surface area contributed by atoms with Gasteiger partial charge < -0.3 is 10.2 Å². The molecule has 1 aliphatic carbocycles. The van der Waals surface area contributed by atoms with Gasteiger partial charge in [0.2, 0.25) is 11.8 Å². The zero-order valence-corrected chi connectivity index (χ0v) is 17.3. The minimum atomic E-state index is -0.372. The number of hydrogen-bond donors (Lipinski definition) is 1. The third-order valence-corrected chi connectivity index (χ3v) is 8.05. The van der Waals surface area contributed by atoms with E-state index in [0.717, 1.165) is 29.3 Å². The lowest BCUT2D eigenvalue weighted by Gasteiger charge is -2.34. The number of hydrogen-bond acceptors (Lipinski definition) is 3. The van der Waals surface area contributed by atoms with Crippen molar-refractivity contribution < 1.29 is 9.59 Å². The molecule has 3 aliphatic rings. The van der Waals surface area contributed by atoms with Crippen molar-refractivity contribution in [1.29, 1.82) is 0 Å². The molecule has 2 saturated heterocycles. The number of carbonyl (C=O) groups is 2. The number of nitrogens with one attached hydrogen (secondary N) is 1. The standard InChI is InChI=1S/C20H25BrN2O2S/c21-15-9-7-14(8-10-15)20-12-11-18(24)23(20)17(13-26-20)19(25)22-16-5-3-1-2-4-6-16/h7-10,16-17H,1-6,11-13H2,(H,22,25)/t17-,20-/m1/s1. The fourth-order valence-electron chi connectivity index (χ4n) is 4.57. The number of benzene rings is 1. The van der Waals surface area contributed by atoms with E-state index in [1.807, 2.05) is 17.0 Å². The molecule has 4 rings (SSSR count). The third-order valence-electron chi connectivity index (χ3n) is 5.93. The summed E-state index contributed by atoms with van der Waals surface area (Å²) >= 11 is 5.24. The molecule has 0 radical (unpaired) electrons. The van der Waals surface area contributed by atoms with Crippen LogP contribution in [-0.4, -0.2) is 34.6 Å². The number of rotatable bonds is 3. The predicted molar refractivity (Wildman–Crippen MR) is 108 cm³/mol. The molecule has 1 aromatic carbocycles. The summed E-state index contributed by atoms with van der Waals surface area (Å²) in [5, 5.41) is 3.26. The van der Waals surface area contributed by atoms with Crippen LogP contribution in [0.3, 0.4) is 0 Å². The quantitative estimate of drug-likeness (QED) is 0.722. The maximum absolute atomic E-state index is 13.0. The molecular formula is C20H25BrN2O2S. The van der Waals surface area contributed by atoms with Gasteiger partial charge >= 0.3 is 0 Å². The van der Waals surface area contributed by atoms with Crippen LogP contribution < -0.4 is 5.32 Å². The van der Waals surface area contributed by atoms with E-state index in [0.29, 0.717) is 12.2 Å². The Morgan fingerprint density at radius 3 is 2.54 bits per heavy atom. The lowest BCUT2D eigenvalue weighted by Crippen LogP contribution is -2.52. The second-order valence-corrected chi connectivity index (χ2v) is 9.79. The van der Waals surface area contributed by atoms with E-state index in [9.17, 15) is 9.59 Å². The zero-order chi connectivity index (χ0) is 18.1. The molecule has 26 heavy (non-hydrogen) atoms. The van der Waals surface area contributed by atoms with E-state index in [1.54, 1.807) is 11.8 Å². The number of amides is 2. The Morgan fingerprint density at radius 1 is 1.15 bits per heavy atom. The summed E-state index contributed by atoms with van der Waals surface area (Å²) in [6.07, 6.45) is 8.36. The monoisotopic (exact) mass is 436 g/mol. The largest absolute Gasteiger partial charge is 0.352 e. The molecule has 1 N–H and O–H groups in total. The molecule has 0 unspecified atom stereocenters. The van der Waals surface area contributed by atoms with E-state index in [1.165, 1.54) is 25.7 Å². The van der Waals surface area contributed by atoms with Crippen molar-refractivity contribution in [1.82, 2.24) is 10.2 Å². The van der Waals surface area contributed by atoms with Crippen LogP contribution in [0.15, 0.2) is 28.7 Å². The van der Waals surface area contributed by atoms with Crippen LogP contribution in [0.5, 0.6) is 0 Å². The molecule has 140 valence electrons. The summed E-state index contributed by atoms with van der Waals surface area (Å²) in [4.78, 5) is 27.2. The van der Waals surface area contributed by atoms with Gasteiger partial charge in [0.25, 0.3) is 0 Å². The second kappa shape index (κ2) is 7.55. The second-order valence-electron chi connectivity index (χ2n) is 7.58. The Hall–Kier alpha value is -1.01. The normalized spacial score (nSPS) is 29.5. The van der Waals surface area contributed by atoms with Crippen molar-refractivity contribution in [3.05, 3.63) is 34.3 Å². The van der Waals surface area contributed by atoms with E-state index in [2.05, 4.69) is 33.4 Å². The van der Waals surface area contributed by atoms with E-state index in [4.69, 9.17) is 0 Å². The number of halogens is 1. The number of carbonyl (C=O) groups excluding carboxylic acids is 2. The predicted octanol–water partition coefficient (Wildman–Crippen LogP) is 4.18. The van der Waals surface area contributed by atoms with Crippen molar-refractivity contribution >= 4 is 39.5 Å². The smallest absolute Gasteiger partial charge is 0.243 e. The molecule has 6 heteroatoms. The Labute approximate surface area is 167 Å². The van der Waals surface area contributed by atoms with Crippen molar-refractivity contribution in [3.63, 3.8) is 0 Å². The first-order chi connectivity index (χ1) is 12.6. The summed E-state index contributed by atoms with van der Waals surface area (Å²) in [6.45, 7) is 0. The lowest BCUT2D eigenvalue weighted by molar-refractivity contribution is -0.138. The number of thioether (sulfide) groups is 1. The van der Waals surface area contributed by atoms with Crippen molar-refractivity contribution in [3.8, 4) is 0 Å². The Morgan fingerprint density at radius 2 is 1.85 bits per heavy atom. The minimum Gasteiger partial charge on any atom is -0.352 e.